The molecule has 0 aliphatic carbocycles. The molecule has 0 N–H and O–H groups in total. The zero-order chi connectivity index (χ0) is 12.3. The van der Waals surface area contributed by atoms with Crippen LogP contribution in [0.4, 0.5) is 12.7 Å². The first-order valence-electron chi connectivity index (χ1n) is 4.81. The third kappa shape index (κ3) is 2.85. The highest BCUT2D eigenvalue weighted by Crippen LogP contribution is 2.16. The Morgan fingerprint density at radius 2 is 2.12 bits per heavy atom. The van der Waals surface area contributed by atoms with Gasteiger partial charge in [0.15, 0.2) is 0 Å². The van der Waals surface area contributed by atoms with Gasteiger partial charge in [-0.05, 0) is 12.1 Å². The topological polar surface area (TPSA) is 37.6 Å². The van der Waals surface area contributed by atoms with Gasteiger partial charge >= 0.3 is 0 Å². The van der Waals surface area contributed by atoms with Gasteiger partial charge < -0.3 is 0 Å². The minimum atomic E-state index is -2.58. The lowest BCUT2D eigenvalue weighted by Crippen LogP contribution is -2.12. The summed E-state index contributed by atoms with van der Waals surface area (Å²) in [4.78, 5) is 4.00. The molecule has 0 saturated carbocycles. The fourth-order valence-corrected chi connectivity index (χ4v) is 1.67. The van der Waals surface area contributed by atoms with E-state index in [9.17, 15) is 12.7 Å². The van der Waals surface area contributed by atoms with Crippen LogP contribution in [0.2, 0.25) is 0 Å². The Hall–Kier alpha value is -1.37. The standard InChI is InChI=1S/C10H8F3N3S/c11-10(12)9-3-8(15-16-9)6-1-2-7(5-17-13)14-4-6/h1-2,4,10H,3,5H2. The molecule has 0 bridgehead atoms. The van der Waals surface area contributed by atoms with Gasteiger partial charge in [-0.2, -0.15) is 14.1 Å². The highest BCUT2D eigenvalue weighted by Gasteiger charge is 2.21. The summed E-state index contributed by atoms with van der Waals surface area (Å²) in [6.07, 6.45) is -1.04. The Kier molecular flexibility index (Phi) is 3.78. The summed E-state index contributed by atoms with van der Waals surface area (Å²) in [6.45, 7) is 0. The number of hydrogen-bond donors (Lipinski definition) is 0. The number of pyridine rings is 1. The second kappa shape index (κ2) is 5.31. The van der Waals surface area contributed by atoms with E-state index >= 15 is 0 Å². The van der Waals surface area contributed by atoms with Crippen LogP contribution in [0, 0.1) is 0 Å². The van der Waals surface area contributed by atoms with E-state index in [-0.39, 0.29) is 30.0 Å². The van der Waals surface area contributed by atoms with Crippen molar-refractivity contribution in [3.05, 3.63) is 29.6 Å². The van der Waals surface area contributed by atoms with E-state index in [0.717, 1.165) is 0 Å². The molecular formula is C10H8F3N3S. The van der Waals surface area contributed by atoms with Gasteiger partial charge in [-0.25, -0.2) is 8.78 Å². The van der Waals surface area contributed by atoms with Crippen molar-refractivity contribution >= 4 is 23.6 Å². The second-order valence-corrected chi connectivity index (χ2v) is 3.91. The van der Waals surface area contributed by atoms with E-state index in [0.29, 0.717) is 17.0 Å². The minimum Gasteiger partial charge on any atom is -0.260 e. The van der Waals surface area contributed by atoms with Crippen molar-refractivity contribution in [2.75, 3.05) is 0 Å². The zero-order valence-corrected chi connectivity index (χ0v) is 9.42. The Labute approximate surface area is 100 Å². The maximum absolute atomic E-state index is 12.3. The van der Waals surface area contributed by atoms with Crippen LogP contribution in [0.15, 0.2) is 28.5 Å². The first kappa shape index (κ1) is 12.1. The van der Waals surface area contributed by atoms with Gasteiger partial charge in [-0.15, -0.1) is 0 Å². The van der Waals surface area contributed by atoms with Gasteiger partial charge in [-0.3, -0.25) is 4.98 Å². The summed E-state index contributed by atoms with van der Waals surface area (Å²) < 4.78 is 36.6. The van der Waals surface area contributed by atoms with Gasteiger partial charge in [0.25, 0.3) is 6.43 Å². The number of hydrogen-bond acceptors (Lipinski definition) is 4. The third-order valence-corrected chi connectivity index (χ3v) is 2.66. The third-order valence-electron chi connectivity index (χ3n) is 2.26. The Bertz CT molecular complexity index is 456. The Balaban J connectivity index is 2.06. The molecule has 0 amide bonds. The van der Waals surface area contributed by atoms with Crippen molar-refractivity contribution < 1.29 is 12.7 Å². The van der Waals surface area contributed by atoms with E-state index in [2.05, 4.69) is 15.2 Å². The Morgan fingerprint density at radius 3 is 2.65 bits per heavy atom. The number of rotatable bonds is 4. The van der Waals surface area contributed by atoms with Crippen molar-refractivity contribution in [2.45, 2.75) is 18.6 Å². The van der Waals surface area contributed by atoms with Gasteiger partial charge in [-0.1, -0.05) is 0 Å². The van der Waals surface area contributed by atoms with Crippen molar-refractivity contribution in [1.82, 2.24) is 4.98 Å². The minimum absolute atomic E-state index is 0.0382. The van der Waals surface area contributed by atoms with Crippen LogP contribution >= 0.6 is 12.1 Å². The first-order valence-corrected chi connectivity index (χ1v) is 5.69. The molecule has 0 spiro atoms. The van der Waals surface area contributed by atoms with Crippen molar-refractivity contribution in [1.29, 1.82) is 0 Å². The highest BCUT2D eigenvalue weighted by atomic mass is 32.2. The lowest BCUT2D eigenvalue weighted by Gasteiger charge is -2.01. The lowest BCUT2D eigenvalue weighted by atomic mass is 10.1. The average molecular weight is 259 g/mol. The highest BCUT2D eigenvalue weighted by molar-refractivity contribution is 7.93. The smallest absolute Gasteiger partial charge is 0.260 e. The molecule has 0 saturated heterocycles. The predicted octanol–water partition coefficient (Wildman–Crippen LogP) is 3.01. The van der Waals surface area contributed by atoms with Crippen LogP contribution in [0.1, 0.15) is 17.7 Å². The van der Waals surface area contributed by atoms with Crippen LogP contribution < -0.4 is 0 Å². The lowest BCUT2D eigenvalue weighted by molar-refractivity contribution is 0.224. The molecule has 1 aliphatic heterocycles. The fraction of sp³-hybridized carbons (Fsp3) is 0.300. The molecule has 2 rings (SSSR count). The fourth-order valence-electron chi connectivity index (χ4n) is 1.38. The largest absolute Gasteiger partial charge is 0.278 e. The summed E-state index contributed by atoms with van der Waals surface area (Å²) in [5, 5.41) is 7.10. The molecule has 1 aromatic heterocycles. The molecule has 3 nitrogen and oxygen atoms in total. The maximum atomic E-state index is 12.3. The van der Waals surface area contributed by atoms with E-state index in [1.165, 1.54) is 6.20 Å². The first-order chi connectivity index (χ1) is 8.20. The normalized spacial score (nSPS) is 15.1. The van der Waals surface area contributed by atoms with E-state index in [4.69, 9.17) is 0 Å². The molecule has 0 radical (unpaired) electrons. The van der Waals surface area contributed by atoms with Gasteiger partial charge in [0.2, 0.25) is 0 Å². The van der Waals surface area contributed by atoms with Gasteiger partial charge in [0, 0.05) is 18.2 Å². The van der Waals surface area contributed by atoms with Crippen LogP contribution in [-0.2, 0) is 5.75 Å². The number of halogens is 3. The Morgan fingerprint density at radius 1 is 1.29 bits per heavy atom. The zero-order valence-electron chi connectivity index (χ0n) is 8.61. The summed E-state index contributed by atoms with van der Waals surface area (Å²) in [6, 6.07) is 3.33. The maximum Gasteiger partial charge on any atom is 0.278 e. The quantitative estimate of drug-likeness (QED) is 0.833. The molecule has 2 heterocycles. The van der Waals surface area contributed by atoms with Crippen molar-refractivity contribution in [2.24, 2.45) is 10.2 Å². The van der Waals surface area contributed by atoms with E-state index < -0.39 is 6.43 Å². The van der Waals surface area contributed by atoms with E-state index in [1.807, 2.05) is 0 Å². The molecule has 0 fully saturated rings. The van der Waals surface area contributed by atoms with E-state index in [1.54, 1.807) is 12.1 Å². The molecule has 17 heavy (non-hydrogen) atoms. The van der Waals surface area contributed by atoms with Crippen LogP contribution in [0.5, 0.6) is 0 Å². The second-order valence-electron chi connectivity index (χ2n) is 3.41. The summed E-state index contributed by atoms with van der Waals surface area (Å²) in [7, 11) is 0. The molecule has 0 aromatic carbocycles. The molecule has 0 atom stereocenters. The molecule has 1 aliphatic rings. The van der Waals surface area contributed by atoms with Gasteiger partial charge in [0.1, 0.15) is 5.71 Å². The average Bonchev–Trinajstić information content (AvgIpc) is 2.80. The molecular weight excluding hydrogens is 251 g/mol. The van der Waals surface area contributed by atoms with Crippen LogP contribution in [-0.4, -0.2) is 22.8 Å². The SMILES string of the molecule is FSCc1ccc(C2=NN=C(C(F)F)C2)cn1. The number of nitrogens with zero attached hydrogens (tertiary/aromatic N) is 3. The number of aromatic nitrogens is 1. The monoisotopic (exact) mass is 259 g/mol. The molecule has 7 heteroatoms. The van der Waals surface area contributed by atoms with Gasteiger partial charge in [0.05, 0.1) is 29.3 Å². The van der Waals surface area contributed by atoms with Crippen molar-refractivity contribution in [3.8, 4) is 0 Å². The molecule has 90 valence electrons. The summed E-state index contributed by atoms with van der Waals surface area (Å²) >= 11 is 0.183. The molecule has 1 aromatic rings. The molecule has 0 unspecified atom stereocenters. The predicted molar refractivity (Wildman–Crippen MR) is 61.2 cm³/mol. The summed E-state index contributed by atoms with van der Waals surface area (Å²) in [5.41, 5.74) is 1.46. The van der Waals surface area contributed by atoms with Crippen LogP contribution in [0.3, 0.4) is 0 Å². The van der Waals surface area contributed by atoms with Crippen molar-refractivity contribution in [3.63, 3.8) is 0 Å². The number of alkyl halides is 2. The summed E-state index contributed by atoms with van der Waals surface area (Å²) in [5.74, 6) is 0.172. The van der Waals surface area contributed by atoms with Crippen LogP contribution in [0.25, 0.3) is 0 Å².